The lowest BCUT2D eigenvalue weighted by Crippen LogP contribution is -2.48. The Morgan fingerprint density at radius 3 is 2.33 bits per heavy atom. The van der Waals surface area contributed by atoms with Crippen molar-refractivity contribution >= 4 is 5.91 Å². The number of rotatable bonds is 8. The molecule has 1 aliphatic heterocycles. The molecule has 1 saturated heterocycles. The molecule has 0 aromatic heterocycles. The van der Waals surface area contributed by atoms with E-state index in [4.69, 9.17) is 4.74 Å². The topological polar surface area (TPSA) is 44.8 Å². The number of hydrogen-bond acceptors (Lipinski definition) is 4. The van der Waals surface area contributed by atoms with Crippen molar-refractivity contribution in [3.8, 4) is 18.6 Å². The normalized spacial score (nSPS) is 14.7. The third-order valence-corrected chi connectivity index (χ3v) is 7.01. The highest BCUT2D eigenvalue weighted by Crippen LogP contribution is 2.21. The highest BCUT2D eigenvalue weighted by molar-refractivity contribution is 5.94. The minimum absolute atomic E-state index is 0.0938. The van der Waals surface area contributed by atoms with E-state index < -0.39 is 0 Å². The molecule has 1 atom stereocenters. The lowest BCUT2D eigenvalue weighted by atomic mass is 9.99. The largest absolute Gasteiger partial charge is 0.497 e. The molecular formula is C34H44FN3O2. The van der Waals surface area contributed by atoms with E-state index in [1.54, 1.807) is 13.2 Å². The maximum Gasteiger partial charge on any atom is 0.253 e. The fourth-order valence-corrected chi connectivity index (χ4v) is 4.67. The third-order valence-electron chi connectivity index (χ3n) is 7.01. The summed E-state index contributed by atoms with van der Waals surface area (Å²) < 4.78 is 18.7. The summed E-state index contributed by atoms with van der Waals surface area (Å²) in [4.78, 5) is 16.4. The van der Waals surface area contributed by atoms with Crippen LogP contribution in [0.3, 0.4) is 0 Å². The van der Waals surface area contributed by atoms with Crippen LogP contribution in [0.25, 0.3) is 0 Å². The van der Waals surface area contributed by atoms with Gasteiger partial charge in [0.25, 0.3) is 5.91 Å². The number of terminal acetylenes is 1. The second-order valence-electron chi connectivity index (χ2n) is 9.83. The maximum atomic E-state index is 13.4. The first-order chi connectivity index (χ1) is 19.3. The van der Waals surface area contributed by atoms with E-state index >= 15 is 0 Å². The van der Waals surface area contributed by atoms with E-state index in [-0.39, 0.29) is 11.7 Å². The van der Waals surface area contributed by atoms with Crippen molar-refractivity contribution in [2.24, 2.45) is 0 Å². The molecule has 0 bridgehead atoms. The minimum atomic E-state index is -0.0938. The van der Waals surface area contributed by atoms with Crippen molar-refractivity contribution in [1.29, 1.82) is 0 Å². The molecule has 1 amide bonds. The van der Waals surface area contributed by atoms with E-state index in [1.165, 1.54) is 22.8 Å². The Morgan fingerprint density at radius 2 is 1.73 bits per heavy atom. The molecule has 1 N–H and O–H groups in total. The number of nitrogens with one attached hydrogen (secondary N) is 1. The highest BCUT2D eigenvalue weighted by atomic mass is 19.1. The quantitative estimate of drug-likeness (QED) is 0.356. The summed E-state index contributed by atoms with van der Waals surface area (Å²) in [6.07, 6.45) is 8.84. The Hall–Kier alpha value is -3.66. The second-order valence-corrected chi connectivity index (χ2v) is 9.83. The molecule has 3 aromatic carbocycles. The van der Waals surface area contributed by atoms with Crippen LogP contribution in [0.2, 0.25) is 0 Å². The molecule has 0 unspecified atom stereocenters. The van der Waals surface area contributed by atoms with Crippen LogP contribution in [-0.4, -0.2) is 61.6 Å². The van der Waals surface area contributed by atoms with Crippen molar-refractivity contribution in [2.45, 2.75) is 46.7 Å². The number of carbonyl (C=O) groups is 1. The summed E-state index contributed by atoms with van der Waals surface area (Å²) in [6.45, 7) is 13.4. The summed E-state index contributed by atoms with van der Waals surface area (Å²) in [6, 6.07) is 21.6. The zero-order chi connectivity index (χ0) is 29.5. The Balaban J connectivity index is 0.000000284. The monoisotopic (exact) mass is 545 g/mol. The predicted octanol–water partition coefficient (Wildman–Crippen LogP) is 5.95. The van der Waals surface area contributed by atoms with Gasteiger partial charge in [0.1, 0.15) is 11.6 Å². The number of aryl methyl sites for hydroxylation is 1. The summed E-state index contributed by atoms with van der Waals surface area (Å²) in [7, 11) is 1.68. The van der Waals surface area contributed by atoms with Crippen LogP contribution in [0.4, 0.5) is 4.39 Å². The van der Waals surface area contributed by atoms with Crippen molar-refractivity contribution in [1.82, 2.24) is 15.1 Å². The van der Waals surface area contributed by atoms with Gasteiger partial charge in [-0.05, 0) is 81.1 Å². The van der Waals surface area contributed by atoms with Gasteiger partial charge in [-0.1, -0.05) is 36.4 Å². The van der Waals surface area contributed by atoms with Crippen LogP contribution in [0.1, 0.15) is 53.4 Å². The van der Waals surface area contributed by atoms with Crippen LogP contribution >= 0.6 is 0 Å². The molecular weight excluding hydrogens is 501 g/mol. The summed E-state index contributed by atoms with van der Waals surface area (Å²) in [5, 5.41) is 3.38. The number of hydrogen-bond donors (Lipinski definition) is 1. The van der Waals surface area contributed by atoms with Crippen LogP contribution in [0.5, 0.6) is 5.75 Å². The molecule has 1 aliphatic rings. The van der Waals surface area contributed by atoms with Crippen LogP contribution in [0.15, 0.2) is 66.7 Å². The van der Waals surface area contributed by atoms with Crippen molar-refractivity contribution < 1.29 is 13.9 Å². The molecule has 1 fully saturated rings. The van der Waals surface area contributed by atoms with Gasteiger partial charge >= 0.3 is 0 Å². The Kier molecular flexibility index (Phi) is 13.9. The zero-order valence-electron chi connectivity index (χ0n) is 24.6. The van der Waals surface area contributed by atoms with E-state index in [2.05, 4.69) is 49.0 Å². The van der Waals surface area contributed by atoms with Gasteiger partial charge in [0.2, 0.25) is 0 Å². The summed E-state index contributed by atoms with van der Waals surface area (Å²) in [5.41, 5.74) is 5.23. The third kappa shape index (κ3) is 9.82. The first-order valence-corrected chi connectivity index (χ1v) is 13.9. The zero-order valence-corrected chi connectivity index (χ0v) is 24.6. The number of benzene rings is 3. The molecule has 4 rings (SSSR count). The Bertz CT molecular complexity index is 1210. The number of ether oxygens (including phenoxy) is 1. The lowest BCUT2D eigenvalue weighted by molar-refractivity contribution is 0.0773. The average molecular weight is 546 g/mol. The fourth-order valence-electron chi connectivity index (χ4n) is 4.67. The van der Waals surface area contributed by atoms with Gasteiger partial charge in [-0.2, -0.15) is 0 Å². The van der Waals surface area contributed by atoms with Crippen molar-refractivity contribution in [3.63, 3.8) is 0 Å². The number of methoxy groups -OCH3 is 1. The standard InChI is InChI=1S/C20H25NO2.C12H17FN2.C2H2/c1-5-21(6-2)20(22)17-10-8-16(9-11-17)13-18-14-19(23-4)12-7-15(18)3;1-10-8-15(7-6-14-10)9-11-4-2-3-5-12(11)13;1-2/h7-12,14H,5-6,13H2,1-4H3;2-5,10,14H,6-9H2,1H3;1-2H/t;10-;/m.0./s1. The van der Waals surface area contributed by atoms with Crippen molar-refractivity contribution in [2.75, 3.05) is 39.8 Å². The van der Waals surface area contributed by atoms with Crippen LogP contribution in [0, 0.1) is 25.6 Å². The number of nitrogens with zero attached hydrogens (tertiary/aromatic N) is 2. The minimum Gasteiger partial charge on any atom is -0.497 e. The van der Waals surface area contributed by atoms with E-state index in [0.29, 0.717) is 6.04 Å². The number of amides is 1. The Labute approximate surface area is 240 Å². The van der Waals surface area contributed by atoms with E-state index in [9.17, 15) is 9.18 Å². The number of halogens is 1. The lowest BCUT2D eigenvalue weighted by Gasteiger charge is -2.31. The fraction of sp³-hybridized carbons (Fsp3) is 0.382. The SMILES string of the molecule is C#C.CCN(CC)C(=O)c1ccc(Cc2cc(OC)ccc2C)cc1.C[C@H]1CN(Cc2ccccc2F)CCN1. The van der Waals surface area contributed by atoms with Gasteiger partial charge in [-0.15, -0.1) is 12.8 Å². The molecule has 6 heteroatoms. The van der Waals surface area contributed by atoms with Gasteiger partial charge in [0.15, 0.2) is 0 Å². The molecule has 0 aliphatic carbocycles. The average Bonchev–Trinajstić information content (AvgIpc) is 2.98. The first kappa shape index (κ1) is 32.6. The first-order valence-electron chi connectivity index (χ1n) is 13.9. The van der Waals surface area contributed by atoms with E-state index in [0.717, 1.165) is 62.6 Å². The van der Waals surface area contributed by atoms with Gasteiger partial charge in [0, 0.05) is 56.4 Å². The molecule has 3 aromatic rings. The molecule has 0 saturated carbocycles. The van der Waals surface area contributed by atoms with Gasteiger partial charge < -0.3 is 15.0 Å². The smallest absolute Gasteiger partial charge is 0.253 e. The second kappa shape index (κ2) is 17.1. The molecule has 5 nitrogen and oxygen atoms in total. The predicted molar refractivity (Wildman–Crippen MR) is 163 cm³/mol. The highest BCUT2D eigenvalue weighted by Gasteiger charge is 2.16. The van der Waals surface area contributed by atoms with Crippen LogP contribution in [-0.2, 0) is 13.0 Å². The number of carbonyl (C=O) groups excluding carboxylic acids is 1. The van der Waals surface area contributed by atoms with E-state index in [1.807, 2.05) is 61.2 Å². The maximum absolute atomic E-state index is 13.4. The summed E-state index contributed by atoms with van der Waals surface area (Å²) >= 11 is 0. The molecule has 0 radical (unpaired) electrons. The van der Waals surface area contributed by atoms with Crippen LogP contribution < -0.4 is 10.1 Å². The molecule has 1 heterocycles. The van der Waals surface area contributed by atoms with Gasteiger partial charge in [-0.25, -0.2) is 4.39 Å². The molecule has 214 valence electrons. The summed E-state index contributed by atoms with van der Waals surface area (Å²) in [5.74, 6) is 0.877. The Morgan fingerprint density at radius 1 is 1.05 bits per heavy atom. The molecule has 0 spiro atoms. The van der Waals surface area contributed by atoms with Gasteiger partial charge in [0.05, 0.1) is 7.11 Å². The molecule has 40 heavy (non-hydrogen) atoms. The van der Waals surface area contributed by atoms with Crippen molar-refractivity contribution in [3.05, 3.63) is 100 Å². The van der Waals surface area contributed by atoms with Gasteiger partial charge in [-0.3, -0.25) is 9.69 Å². The number of piperazine rings is 1.